The highest BCUT2D eigenvalue weighted by Crippen LogP contribution is 2.27. The summed E-state index contributed by atoms with van der Waals surface area (Å²) in [7, 11) is 1.21. The zero-order valence-electron chi connectivity index (χ0n) is 17.8. The number of carbonyl (C=O) groups is 3. The van der Waals surface area contributed by atoms with Gasteiger partial charge < -0.3 is 19.2 Å². The lowest BCUT2D eigenvalue weighted by Gasteiger charge is -2.11. The predicted octanol–water partition coefficient (Wildman–Crippen LogP) is 4.53. The number of amides is 3. The second kappa shape index (κ2) is 9.80. The number of carbonyl (C=O) groups excluding carboxylic acids is 3. The van der Waals surface area contributed by atoms with Crippen LogP contribution in [0, 0.1) is 5.82 Å². The van der Waals surface area contributed by atoms with E-state index in [9.17, 15) is 18.8 Å². The summed E-state index contributed by atoms with van der Waals surface area (Å²) in [6.07, 6.45) is 1.44. The van der Waals surface area contributed by atoms with Crippen molar-refractivity contribution in [2.24, 2.45) is 0 Å². The van der Waals surface area contributed by atoms with Gasteiger partial charge in [0, 0.05) is 10.6 Å². The third kappa shape index (κ3) is 5.10. The third-order valence-corrected chi connectivity index (χ3v) is 5.11. The molecule has 0 unspecified atom stereocenters. The van der Waals surface area contributed by atoms with E-state index < -0.39 is 17.9 Å². The van der Waals surface area contributed by atoms with Crippen molar-refractivity contribution in [3.05, 3.63) is 93.8 Å². The first-order valence-corrected chi connectivity index (χ1v) is 10.4. The molecule has 2 heterocycles. The second-order valence-corrected chi connectivity index (χ2v) is 7.67. The molecular formula is C24H18ClFN2O6. The molecular weight excluding hydrogens is 467 g/mol. The van der Waals surface area contributed by atoms with Crippen molar-refractivity contribution in [2.75, 3.05) is 7.11 Å². The van der Waals surface area contributed by atoms with E-state index in [1.807, 2.05) is 0 Å². The lowest BCUT2D eigenvalue weighted by atomic mass is 10.1. The Bertz CT molecular complexity index is 1300. The number of benzene rings is 2. The van der Waals surface area contributed by atoms with Crippen LogP contribution < -0.4 is 10.1 Å². The second-order valence-electron chi connectivity index (χ2n) is 7.24. The van der Waals surface area contributed by atoms with Gasteiger partial charge >= 0.3 is 12.0 Å². The monoisotopic (exact) mass is 484 g/mol. The highest BCUT2D eigenvalue weighted by atomic mass is 35.5. The zero-order valence-corrected chi connectivity index (χ0v) is 18.6. The van der Waals surface area contributed by atoms with Crippen molar-refractivity contribution in [1.82, 2.24) is 10.2 Å². The number of furan rings is 1. The first-order chi connectivity index (χ1) is 16.3. The molecule has 0 radical (unpaired) electrons. The van der Waals surface area contributed by atoms with E-state index in [1.54, 1.807) is 30.3 Å². The molecule has 0 bridgehead atoms. The maximum Gasteiger partial charge on any atom is 0.373 e. The summed E-state index contributed by atoms with van der Waals surface area (Å²) in [4.78, 5) is 37.7. The van der Waals surface area contributed by atoms with E-state index >= 15 is 0 Å². The van der Waals surface area contributed by atoms with Crippen molar-refractivity contribution in [3.8, 4) is 5.75 Å². The Hall–Kier alpha value is -4.11. The SMILES string of the molecule is COC(=O)c1ccc(CN2C(=O)NC(=Cc3cc(Cl)ccc3OCc3cccc(F)c3)C2=O)o1. The Morgan fingerprint density at radius 1 is 1.18 bits per heavy atom. The van der Waals surface area contributed by atoms with E-state index in [2.05, 4.69) is 10.1 Å². The van der Waals surface area contributed by atoms with E-state index in [4.69, 9.17) is 20.8 Å². The van der Waals surface area contributed by atoms with Crippen molar-refractivity contribution in [2.45, 2.75) is 13.2 Å². The predicted molar refractivity (Wildman–Crippen MR) is 119 cm³/mol. The molecule has 0 spiro atoms. The number of esters is 1. The largest absolute Gasteiger partial charge is 0.488 e. The minimum absolute atomic E-state index is 0.00243. The molecule has 1 aliphatic rings. The molecule has 34 heavy (non-hydrogen) atoms. The Balaban J connectivity index is 1.52. The minimum atomic E-state index is -0.671. The molecule has 1 aromatic heterocycles. The van der Waals surface area contributed by atoms with Crippen LogP contribution in [-0.2, 0) is 22.7 Å². The summed E-state index contributed by atoms with van der Waals surface area (Å²) < 4.78 is 29.1. The van der Waals surface area contributed by atoms with Gasteiger partial charge in [0.05, 0.1) is 13.7 Å². The summed E-state index contributed by atoms with van der Waals surface area (Å²) in [5.74, 6) is -1.08. The molecule has 4 rings (SSSR count). The van der Waals surface area contributed by atoms with Crippen molar-refractivity contribution in [1.29, 1.82) is 0 Å². The summed E-state index contributed by atoms with van der Waals surface area (Å²) >= 11 is 6.11. The maximum absolute atomic E-state index is 13.4. The quantitative estimate of drug-likeness (QED) is 0.300. The number of imide groups is 1. The van der Waals surface area contributed by atoms with Crippen LogP contribution in [0.3, 0.4) is 0 Å². The van der Waals surface area contributed by atoms with E-state index in [1.165, 1.54) is 37.5 Å². The number of halogens is 2. The van der Waals surface area contributed by atoms with Gasteiger partial charge in [0.15, 0.2) is 0 Å². The zero-order chi connectivity index (χ0) is 24.2. The van der Waals surface area contributed by atoms with Crippen LogP contribution in [0.15, 0.2) is 64.7 Å². The van der Waals surface area contributed by atoms with Gasteiger partial charge in [-0.05, 0) is 54.1 Å². The molecule has 2 aromatic carbocycles. The average molecular weight is 485 g/mol. The number of hydrogen-bond donors (Lipinski definition) is 1. The number of hydrogen-bond acceptors (Lipinski definition) is 6. The third-order valence-electron chi connectivity index (χ3n) is 4.88. The summed E-state index contributed by atoms with van der Waals surface area (Å²) in [5.41, 5.74) is 1.07. The fraction of sp³-hybridized carbons (Fsp3) is 0.125. The minimum Gasteiger partial charge on any atom is -0.488 e. The lowest BCUT2D eigenvalue weighted by molar-refractivity contribution is -0.123. The van der Waals surface area contributed by atoms with Gasteiger partial charge in [-0.1, -0.05) is 23.7 Å². The first kappa shape index (κ1) is 23.1. The van der Waals surface area contributed by atoms with Gasteiger partial charge in [0.1, 0.15) is 29.6 Å². The Morgan fingerprint density at radius 3 is 2.76 bits per heavy atom. The standard InChI is InChI=1S/C24H18ClFN2O6/c1-32-23(30)21-8-6-18(34-21)12-28-22(29)19(27-24(28)31)11-15-10-16(25)5-7-20(15)33-13-14-3-2-4-17(26)9-14/h2-11H,12-13H2,1H3,(H,27,31). The van der Waals surface area contributed by atoms with Crippen LogP contribution in [0.4, 0.5) is 9.18 Å². The fourth-order valence-electron chi connectivity index (χ4n) is 3.25. The number of rotatable bonds is 7. The molecule has 0 atom stereocenters. The van der Waals surface area contributed by atoms with Crippen LogP contribution in [0.1, 0.15) is 27.4 Å². The Morgan fingerprint density at radius 2 is 2.00 bits per heavy atom. The van der Waals surface area contributed by atoms with Crippen LogP contribution in [0.5, 0.6) is 5.75 Å². The van der Waals surface area contributed by atoms with Crippen molar-refractivity contribution >= 4 is 35.6 Å². The van der Waals surface area contributed by atoms with E-state index in [-0.39, 0.29) is 36.2 Å². The highest BCUT2D eigenvalue weighted by molar-refractivity contribution is 6.30. The lowest BCUT2D eigenvalue weighted by Crippen LogP contribution is -2.30. The van der Waals surface area contributed by atoms with Gasteiger partial charge in [0.2, 0.25) is 5.76 Å². The van der Waals surface area contributed by atoms with E-state index in [0.29, 0.717) is 21.9 Å². The van der Waals surface area contributed by atoms with Crippen LogP contribution in [0.25, 0.3) is 6.08 Å². The maximum atomic E-state index is 13.4. The summed E-state index contributed by atoms with van der Waals surface area (Å²) in [6, 6.07) is 13.0. The molecule has 1 fully saturated rings. The smallest absolute Gasteiger partial charge is 0.373 e. The van der Waals surface area contributed by atoms with E-state index in [0.717, 1.165) is 4.90 Å². The Kier molecular flexibility index (Phi) is 6.65. The van der Waals surface area contributed by atoms with Crippen LogP contribution in [-0.4, -0.2) is 29.9 Å². The first-order valence-electron chi connectivity index (χ1n) is 10.0. The number of nitrogens with zero attached hydrogens (tertiary/aromatic N) is 1. The number of urea groups is 1. The van der Waals surface area contributed by atoms with Gasteiger partial charge in [-0.15, -0.1) is 0 Å². The van der Waals surface area contributed by atoms with Crippen LogP contribution >= 0.6 is 11.6 Å². The van der Waals surface area contributed by atoms with Gasteiger partial charge in [-0.25, -0.2) is 14.0 Å². The number of methoxy groups -OCH3 is 1. The van der Waals surface area contributed by atoms with Crippen molar-refractivity contribution in [3.63, 3.8) is 0 Å². The molecule has 1 saturated heterocycles. The van der Waals surface area contributed by atoms with Gasteiger partial charge in [-0.3, -0.25) is 9.69 Å². The highest BCUT2D eigenvalue weighted by Gasteiger charge is 2.34. The molecule has 0 aliphatic carbocycles. The number of ether oxygens (including phenoxy) is 2. The van der Waals surface area contributed by atoms with Crippen LogP contribution in [0.2, 0.25) is 5.02 Å². The fourth-order valence-corrected chi connectivity index (χ4v) is 3.43. The number of nitrogens with one attached hydrogen (secondary N) is 1. The molecule has 1 aliphatic heterocycles. The molecule has 3 aromatic rings. The topological polar surface area (TPSA) is 98.1 Å². The van der Waals surface area contributed by atoms with Gasteiger partial charge in [-0.2, -0.15) is 0 Å². The molecule has 1 N–H and O–H groups in total. The molecule has 174 valence electrons. The summed E-state index contributed by atoms with van der Waals surface area (Å²) in [5, 5.41) is 2.90. The summed E-state index contributed by atoms with van der Waals surface area (Å²) in [6.45, 7) is -0.0967. The Labute approximate surface area is 198 Å². The molecule has 10 heteroatoms. The normalized spacial score (nSPS) is 14.4. The van der Waals surface area contributed by atoms with Gasteiger partial charge in [0.25, 0.3) is 5.91 Å². The molecule has 0 saturated carbocycles. The average Bonchev–Trinajstić information content (AvgIpc) is 3.38. The molecule has 3 amide bonds. The van der Waals surface area contributed by atoms with Crippen molar-refractivity contribution < 1.29 is 32.7 Å². The molecule has 8 nitrogen and oxygen atoms in total.